The van der Waals surface area contributed by atoms with Crippen molar-refractivity contribution in [1.29, 1.82) is 0 Å². The zero-order valence-corrected chi connectivity index (χ0v) is 30.8. The monoisotopic (exact) mass is 734 g/mol. The van der Waals surface area contributed by atoms with E-state index in [0.717, 1.165) is 96.1 Å². The van der Waals surface area contributed by atoms with Crippen LogP contribution in [0.2, 0.25) is 0 Å². The van der Waals surface area contributed by atoms with E-state index in [2.05, 4.69) is 162 Å². The van der Waals surface area contributed by atoms with Gasteiger partial charge in [0.05, 0.1) is 22.1 Å². The van der Waals surface area contributed by atoms with Gasteiger partial charge in [0.15, 0.2) is 5.84 Å². The van der Waals surface area contributed by atoms with Crippen LogP contribution in [0.15, 0.2) is 194 Å². The summed E-state index contributed by atoms with van der Waals surface area (Å²) >= 11 is 0. The normalized spacial score (nSPS) is 15.8. The van der Waals surface area contributed by atoms with Gasteiger partial charge in [0.25, 0.3) is 0 Å². The number of para-hydroxylation sites is 2. The van der Waals surface area contributed by atoms with Gasteiger partial charge in [-0.05, 0) is 90.2 Å². The molecule has 1 atom stereocenters. The minimum absolute atomic E-state index is 0.249. The largest absolute Gasteiger partial charge is 0.456 e. The molecule has 1 unspecified atom stereocenters. The minimum Gasteiger partial charge on any atom is -0.456 e. The highest BCUT2D eigenvalue weighted by molar-refractivity contribution is 6.17. The summed E-state index contributed by atoms with van der Waals surface area (Å²) in [4.78, 5) is 10.1. The Balaban J connectivity index is 0.960. The van der Waals surface area contributed by atoms with Gasteiger partial charge in [-0.15, -0.1) is 0 Å². The van der Waals surface area contributed by atoms with Gasteiger partial charge >= 0.3 is 0 Å². The average molecular weight is 735 g/mol. The van der Waals surface area contributed by atoms with Crippen molar-refractivity contribution < 1.29 is 8.83 Å². The number of hydrogen-bond donors (Lipinski definition) is 1. The summed E-state index contributed by atoms with van der Waals surface area (Å²) in [6, 6.07) is 53.3. The number of rotatable bonds is 5. The Kier molecular flexibility index (Phi) is 7.01. The summed E-state index contributed by atoms with van der Waals surface area (Å²) < 4.78 is 15.4. The van der Waals surface area contributed by atoms with Gasteiger partial charge in [-0.2, -0.15) is 0 Å². The summed E-state index contributed by atoms with van der Waals surface area (Å²) in [6.07, 6.45) is 8.40. The van der Waals surface area contributed by atoms with E-state index in [1.54, 1.807) is 0 Å². The number of allylic oxidation sites excluding steroid dienone is 2. The SMILES string of the molecule is C1=CC(C2=NC(c3ccc4c(c3)oc3ccc(-c5ccc6oc7cccc(-n8c9ccccc9c9ccccc98)c7c6c5)cc34)=NC(c3ccccc3)N2)=CCC1. The van der Waals surface area contributed by atoms with Gasteiger partial charge in [0.2, 0.25) is 0 Å². The predicted molar refractivity (Wildman–Crippen MR) is 234 cm³/mol. The van der Waals surface area contributed by atoms with Crippen LogP contribution in [0.5, 0.6) is 0 Å². The Bertz CT molecular complexity index is 3340. The maximum Gasteiger partial charge on any atom is 0.159 e. The van der Waals surface area contributed by atoms with Crippen molar-refractivity contribution >= 4 is 77.4 Å². The highest BCUT2D eigenvalue weighted by atomic mass is 16.3. The molecule has 6 heteroatoms. The van der Waals surface area contributed by atoms with Crippen molar-refractivity contribution in [2.75, 3.05) is 0 Å². The summed E-state index contributed by atoms with van der Waals surface area (Å²) in [5, 5.41) is 10.3. The first-order valence-electron chi connectivity index (χ1n) is 19.5. The van der Waals surface area contributed by atoms with Crippen molar-refractivity contribution in [3.05, 3.63) is 187 Å². The predicted octanol–water partition coefficient (Wildman–Crippen LogP) is 13.0. The summed E-state index contributed by atoms with van der Waals surface area (Å²) in [7, 11) is 0. The minimum atomic E-state index is -0.249. The van der Waals surface area contributed by atoms with Crippen molar-refractivity contribution in [3.8, 4) is 16.8 Å². The average Bonchev–Trinajstić information content (AvgIpc) is 3.95. The molecular weight excluding hydrogens is 701 g/mol. The van der Waals surface area contributed by atoms with Crippen LogP contribution < -0.4 is 5.32 Å². The molecule has 3 aromatic heterocycles. The molecular formula is C51H34N4O2. The van der Waals surface area contributed by atoms with Gasteiger partial charge in [-0.25, -0.2) is 9.98 Å². The maximum atomic E-state index is 6.51. The van der Waals surface area contributed by atoms with Gasteiger partial charge < -0.3 is 18.7 Å². The first-order valence-corrected chi connectivity index (χ1v) is 19.5. The third kappa shape index (κ3) is 5.11. The highest BCUT2D eigenvalue weighted by Gasteiger charge is 2.23. The molecule has 57 heavy (non-hydrogen) atoms. The number of nitrogens with one attached hydrogen (secondary N) is 1. The van der Waals surface area contributed by atoms with Crippen LogP contribution in [0.1, 0.15) is 30.1 Å². The van der Waals surface area contributed by atoms with E-state index in [9.17, 15) is 0 Å². The van der Waals surface area contributed by atoms with Crippen molar-refractivity contribution in [1.82, 2.24) is 9.88 Å². The Morgan fingerprint density at radius 2 is 1.25 bits per heavy atom. The topological polar surface area (TPSA) is 68.0 Å². The number of hydrogen-bond acceptors (Lipinski definition) is 5. The molecule has 0 saturated carbocycles. The lowest BCUT2D eigenvalue weighted by Crippen LogP contribution is -2.34. The molecule has 1 aliphatic carbocycles. The fourth-order valence-electron chi connectivity index (χ4n) is 8.77. The second-order valence-corrected chi connectivity index (χ2v) is 14.9. The zero-order chi connectivity index (χ0) is 37.5. The lowest BCUT2D eigenvalue weighted by atomic mass is 10.00. The number of nitrogens with zero attached hydrogens (tertiary/aromatic N) is 3. The molecule has 0 amide bonds. The number of furan rings is 2. The molecule has 4 heterocycles. The number of benzene rings is 7. The van der Waals surface area contributed by atoms with Gasteiger partial charge in [-0.1, -0.05) is 109 Å². The molecule has 6 nitrogen and oxygen atoms in total. The van der Waals surface area contributed by atoms with Gasteiger partial charge in [0, 0.05) is 38.1 Å². The Morgan fingerprint density at radius 3 is 2.02 bits per heavy atom. The maximum absolute atomic E-state index is 6.51. The molecule has 0 fully saturated rings. The summed E-state index contributed by atoms with van der Waals surface area (Å²) in [5.74, 6) is 1.52. The van der Waals surface area contributed by atoms with Crippen LogP contribution in [-0.2, 0) is 0 Å². The molecule has 270 valence electrons. The van der Waals surface area contributed by atoms with E-state index in [-0.39, 0.29) is 6.17 Å². The Labute approximate surface area is 327 Å². The van der Waals surface area contributed by atoms with E-state index in [1.165, 1.54) is 21.8 Å². The standard InChI is InChI=1S/C51H34N4O2/c1-3-12-31(13-4-1)49-52-50(32-14-5-2-6-15-32)54-51(53-49)35-22-25-38-39-28-33(23-26-44(39)57-47(38)30-35)34-24-27-45-40(29-34)48-43(20-11-21-46(48)56-45)55-41-18-9-7-16-36(41)37-17-8-10-19-42(37)55/h1,3-5,7-30,49H,2,6H2,(H,52,53,54). The second-order valence-electron chi connectivity index (χ2n) is 14.9. The lowest BCUT2D eigenvalue weighted by molar-refractivity contribution is 0.667. The summed E-state index contributed by atoms with van der Waals surface area (Å²) in [5.41, 5.74) is 12.1. The molecule has 0 spiro atoms. The molecule has 0 bridgehead atoms. The first-order chi connectivity index (χ1) is 28.2. The van der Waals surface area contributed by atoms with Crippen molar-refractivity contribution in [2.24, 2.45) is 9.98 Å². The van der Waals surface area contributed by atoms with Crippen molar-refractivity contribution in [3.63, 3.8) is 0 Å². The summed E-state index contributed by atoms with van der Waals surface area (Å²) in [6.45, 7) is 0. The molecule has 7 aromatic carbocycles. The van der Waals surface area contributed by atoms with Gasteiger partial charge in [-0.3, -0.25) is 0 Å². The molecule has 0 saturated heterocycles. The van der Waals surface area contributed by atoms with Crippen LogP contribution in [-0.4, -0.2) is 16.2 Å². The number of aromatic nitrogens is 1. The molecule has 0 radical (unpaired) electrons. The molecule has 1 N–H and O–H groups in total. The lowest BCUT2D eigenvalue weighted by Gasteiger charge is -2.24. The van der Waals surface area contributed by atoms with E-state index < -0.39 is 0 Å². The highest BCUT2D eigenvalue weighted by Crippen LogP contribution is 2.41. The molecule has 10 aromatic rings. The Morgan fingerprint density at radius 1 is 0.544 bits per heavy atom. The van der Waals surface area contributed by atoms with Gasteiger partial charge in [0.1, 0.15) is 34.3 Å². The quantitative estimate of drug-likeness (QED) is 0.191. The smallest absolute Gasteiger partial charge is 0.159 e. The van der Waals surface area contributed by atoms with Crippen LogP contribution in [0.25, 0.3) is 82.5 Å². The molecule has 1 aliphatic heterocycles. The first kappa shape index (κ1) is 31.9. The molecule has 2 aliphatic rings. The fourth-order valence-corrected chi connectivity index (χ4v) is 8.77. The number of aliphatic imine (C=N–C) groups is 2. The van der Waals surface area contributed by atoms with Crippen LogP contribution >= 0.6 is 0 Å². The zero-order valence-electron chi connectivity index (χ0n) is 30.8. The second kappa shape index (κ2) is 12.5. The Hall–Kier alpha value is -7.44. The van der Waals surface area contributed by atoms with Crippen LogP contribution in [0.3, 0.4) is 0 Å². The van der Waals surface area contributed by atoms with E-state index >= 15 is 0 Å². The fraction of sp³-hybridized carbons (Fsp3) is 0.0588. The third-order valence-electron chi connectivity index (χ3n) is 11.5. The van der Waals surface area contributed by atoms with E-state index in [4.69, 9.17) is 18.8 Å². The van der Waals surface area contributed by atoms with E-state index in [0.29, 0.717) is 5.84 Å². The van der Waals surface area contributed by atoms with E-state index in [1.807, 2.05) is 18.2 Å². The van der Waals surface area contributed by atoms with Crippen LogP contribution in [0.4, 0.5) is 0 Å². The molecule has 12 rings (SSSR count). The number of amidine groups is 2. The van der Waals surface area contributed by atoms with Crippen LogP contribution in [0, 0.1) is 0 Å². The van der Waals surface area contributed by atoms with Crippen molar-refractivity contribution in [2.45, 2.75) is 19.0 Å². The number of fused-ring (bicyclic) bond motifs is 9. The third-order valence-corrected chi connectivity index (χ3v) is 11.5.